The van der Waals surface area contributed by atoms with E-state index >= 15 is 0 Å². The Bertz CT molecular complexity index is 566. The van der Waals surface area contributed by atoms with Crippen molar-refractivity contribution in [2.75, 3.05) is 26.7 Å². The van der Waals surface area contributed by atoms with E-state index in [1.165, 1.54) is 6.42 Å². The lowest BCUT2D eigenvalue weighted by Gasteiger charge is -2.33. The molecule has 0 bridgehead atoms. The first-order valence-corrected chi connectivity index (χ1v) is 8.12. The van der Waals surface area contributed by atoms with Gasteiger partial charge in [-0.25, -0.2) is 0 Å². The van der Waals surface area contributed by atoms with E-state index in [4.69, 9.17) is 4.74 Å². The van der Waals surface area contributed by atoms with Crippen molar-refractivity contribution in [2.24, 2.45) is 10.9 Å². The van der Waals surface area contributed by atoms with Crippen molar-refractivity contribution in [1.82, 2.24) is 10.2 Å². The third kappa shape index (κ3) is 7.29. The number of alkyl halides is 3. The highest BCUT2D eigenvalue weighted by molar-refractivity contribution is 14.0. The lowest BCUT2D eigenvalue weighted by molar-refractivity contribution is -0.153. The Morgan fingerprint density at radius 3 is 2.72 bits per heavy atom. The van der Waals surface area contributed by atoms with Crippen LogP contribution in [0.2, 0.25) is 0 Å². The Morgan fingerprint density at radius 2 is 2.08 bits per heavy atom. The zero-order valence-electron chi connectivity index (χ0n) is 14.5. The highest BCUT2D eigenvalue weighted by Crippen LogP contribution is 2.22. The normalized spacial score (nSPS) is 18.5. The van der Waals surface area contributed by atoms with Gasteiger partial charge in [-0.15, -0.1) is 24.0 Å². The standard InChI is InChI=1S/C17H24F3N3O.HI/c1-13-6-5-9-23(11-13)16(21-2)22-10-14-7-3-4-8-15(14)24-12-17(18,19)20;/h3-4,7-8,13H,5-6,9-12H2,1-2H3,(H,21,22);1H. The molecule has 2 rings (SSSR count). The molecule has 0 radical (unpaired) electrons. The maximum absolute atomic E-state index is 12.4. The average Bonchev–Trinajstić information content (AvgIpc) is 2.54. The fourth-order valence-corrected chi connectivity index (χ4v) is 2.84. The van der Waals surface area contributed by atoms with Crippen LogP contribution in [-0.2, 0) is 6.54 Å². The van der Waals surface area contributed by atoms with Gasteiger partial charge in [0.05, 0.1) is 0 Å². The van der Waals surface area contributed by atoms with E-state index in [-0.39, 0.29) is 29.7 Å². The van der Waals surface area contributed by atoms with E-state index in [9.17, 15) is 13.2 Å². The van der Waals surface area contributed by atoms with Crippen LogP contribution in [0, 0.1) is 5.92 Å². The number of para-hydroxylation sites is 1. The zero-order valence-corrected chi connectivity index (χ0v) is 16.8. The Balaban J connectivity index is 0.00000312. The van der Waals surface area contributed by atoms with Crippen LogP contribution in [-0.4, -0.2) is 43.8 Å². The van der Waals surface area contributed by atoms with Gasteiger partial charge in [-0.1, -0.05) is 25.1 Å². The number of likely N-dealkylation sites (tertiary alicyclic amines) is 1. The van der Waals surface area contributed by atoms with Crippen molar-refractivity contribution in [3.63, 3.8) is 0 Å². The second-order valence-electron chi connectivity index (χ2n) is 6.11. The van der Waals surface area contributed by atoms with Gasteiger partial charge in [-0.05, 0) is 24.8 Å². The van der Waals surface area contributed by atoms with Crippen LogP contribution in [0.1, 0.15) is 25.3 Å². The van der Waals surface area contributed by atoms with Crippen molar-refractivity contribution in [1.29, 1.82) is 0 Å². The van der Waals surface area contributed by atoms with Crippen molar-refractivity contribution in [2.45, 2.75) is 32.5 Å². The number of hydrogen-bond donors (Lipinski definition) is 1. The molecule has 1 aliphatic rings. The van der Waals surface area contributed by atoms with Gasteiger partial charge in [0.2, 0.25) is 0 Å². The van der Waals surface area contributed by atoms with E-state index in [0.29, 0.717) is 18.0 Å². The molecule has 0 aromatic heterocycles. The molecule has 1 N–H and O–H groups in total. The maximum atomic E-state index is 12.4. The van der Waals surface area contributed by atoms with Crippen LogP contribution >= 0.6 is 24.0 Å². The van der Waals surface area contributed by atoms with E-state index < -0.39 is 12.8 Å². The van der Waals surface area contributed by atoms with Crippen molar-refractivity contribution in [3.8, 4) is 5.75 Å². The molecular formula is C17H25F3IN3O. The highest BCUT2D eigenvalue weighted by Gasteiger charge is 2.28. The van der Waals surface area contributed by atoms with Gasteiger partial charge >= 0.3 is 6.18 Å². The third-order valence-electron chi connectivity index (χ3n) is 3.97. The summed E-state index contributed by atoms with van der Waals surface area (Å²) < 4.78 is 42.0. The molecule has 142 valence electrons. The van der Waals surface area contributed by atoms with Gasteiger partial charge < -0.3 is 15.0 Å². The van der Waals surface area contributed by atoms with Crippen molar-refractivity contribution < 1.29 is 17.9 Å². The molecule has 1 aromatic carbocycles. The molecule has 1 aromatic rings. The lowest BCUT2D eigenvalue weighted by Crippen LogP contribution is -2.45. The molecule has 4 nitrogen and oxygen atoms in total. The van der Waals surface area contributed by atoms with Gasteiger partial charge in [-0.3, -0.25) is 4.99 Å². The summed E-state index contributed by atoms with van der Waals surface area (Å²) >= 11 is 0. The minimum atomic E-state index is -4.35. The summed E-state index contributed by atoms with van der Waals surface area (Å²) in [5, 5.41) is 3.23. The van der Waals surface area contributed by atoms with E-state index in [1.54, 1.807) is 31.3 Å². The van der Waals surface area contributed by atoms with Gasteiger partial charge in [0, 0.05) is 32.2 Å². The number of piperidine rings is 1. The molecular weight excluding hydrogens is 446 g/mol. The second-order valence-corrected chi connectivity index (χ2v) is 6.11. The number of nitrogens with one attached hydrogen (secondary N) is 1. The van der Waals surface area contributed by atoms with Crippen LogP contribution in [0.3, 0.4) is 0 Å². The summed E-state index contributed by atoms with van der Waals surface area (Å²) in [6.07, 6.45) is -2.02. The molecule has 1 heterocycles. The summed E-state index contributed by atoms with van der Waals surface area (Å²) in [6, 6.07) is 6.75. The summed E-state index contributed by atoms with van der Waals surface area (Å²) in [6.45, 7) is 3.16. The molecule has 0 saturated carbocycles. The number of guanidine groups is 1. The first-order valence-electron chi connectivity index (χ1n) is 8.12. The van der Waals surface area contributed by atoms with Crippen LogP contribution in [0.4, 0.5) is 13.2 Å². The maximum Gasteiger partial charge on any atom is 0.422 e. The Kier molecular flexibility index (Phi) is 8.81. The Hall–Kier alpha value is -1.19. The summed E-state index contributed by atoms with van der Waals surface area (Å²) in [7, 11) is 1.72. The first kappa shape index (κ1) is 21.9. The van der Waals surface area contributed by atoms with Crippen LogP contribution in [0.15, 0.2) is 29.3 Å². The molecule has 25 heavy (non-hydrogen) atoms. The highest BCUT2D eigenvalue weighted by atomic mass is 127. The minimum absolute atomic E-state index is 0. The Morgan fingerprint density at radius 1 is 1.36 bits per heavy atom. The van der Waals surface area contributed by atoms with Gasteiger partial charge in [0.25, 0.3) is 0 Å². The number of halogens is 4. The largest absolute Gasteiger partial charge is 0.484 e. The quantitative estimate of drug-likeness (QED) is 0.409. The van der Waals surface area contributed by atoms with Crippen LogP contribution < -0.4 is 10.1 Å². The van der Waals surface area contributed by atoms with E-state index in [0.717, 1.165) is 25.5 Å². The number of benzene rings is 1. The molecule has 1 atom stereocenters. The average molecular weight is 471 g/mol. The molecule has 0 aliphatic carbocycles. The number of nitrogens with zero attached hydrogens (tertiary/aromatic N) is 2. The monoisotopic (exact) mass is 471 g/mol. The molecule has 8 heteroatoms. The van der Waals surface area contributed by atoms with Crippen molar-refractivity contribution in [3.05, 3.63) is 29.8 Å². The Labute approximate surface area is 163 Å². The topological polar surface area (TPSA) is 36.9 Å². The number of hydrogen-bond acceptors (Lipinski definition) is 2. The lowest BCUT2D eigenvalue weighted by atomic mass is 10.0. The van der Waals surface area contributed by atoms with Gasteiger partial charge in [-0.2, -0.15) is 13.2 Å². The summed E-state index contributed by atoms with van der Waals surface area (Å²) in [4.78, 5) is 6.47. The fourth-order valence-electron chi connectivity index (χ4n) is 2.84. The molecule has 0 spiro atoms. The predicted octanol–water partition coefficient (Wildman–Crippen LogP) is 4.05. The predicted molar refractivity (Wildman–Crippen MR) is 104 cm³/mol. The third-order valence-corrected chi connectivity index (χ3v) is 3.97. The first-order chi connectivity index (χ1) is 11.4. The van der Waals surface area contributed by atoms with E-state index in [2.05, 4.69) is 22.1 Å². The summed E-state index contributed by atoms with van der Waals surface area (Å²) in [5.74, 6) is 1.62. The fraction of sp³-hybridized carbons (Fsp3) is 0.588. The number of ether oxygens (including phenoxy) is 1. The van der Waals surface area contributed by atoms with Crippen molar-refractivity contribution >= 4 is 29.9 Å². The van der Waals surface area contributed by atoms with Crippen LogP contribution in [0.5, 0.6) is 5.75 Å². The van der Waals surface area contributed by atoms with E-state index in [1.807, 2.05) is 0 Å². The number of aliphatic imine (C=N–C) groups is 1. The van der Waals surface area contributed by atoms with Gasteiger partial charge in [0.15, 0.2) is 12.6 Å². The molecule has 1 fully saturated rings. The smallest absolute Gasteiger partial charge is 0.422 e. The van der Waals surface area contributed by atoms with Crippen LogP contribution in [0.25, 0.3) is 0 Å². The molecule has 1 aliphatic heterocycles. The molecule has 1 unspecified atom stereocenters. The second kappa shape index (κ2) is 10.1. The summed E-state index contributed by atoms with van der Waals surface area (Å²) in [5.41, 5.74) is 0.674. The molecule has 1 saturated heterocycles. The van der Waals surface area contributed by atoms with Gasteiger partial charge in [0.1, 0.15) is 5.75 Å². The SMILES string of the molecule is CN=C(NCc1ccccc1OCC(F)(F)F)N1CCCC(C)C1.I. The number of rotatable bonds is 4. The molecule has 0 amide bonds. The zero-order chi connectivity index (χ0) is 17.6. The minimum Gasteiger partial charge on any atom is -0.484 e.